The molecule has 2 unspecified atom stereocenters. The zero-order valence-electron chi connectivity index (χ0n) is 27.5. The summed E-state index contributed by atoms with van der Waals surface area (Å²) in [6.45, 7) is 5.01. The molecule has 2 heteroatoms. The van der Waals surface area contributed by atoms with Gasteiger partial charge in [-0.05, 0) is 109 Å². The number of nitrogens with zero attached hydrogens (tertiary/aromatic N) is 2. The van der Waals surface area contributed by atoms with E-state index in [4.69, 9.17) is 0 Å². The van der Waals surface area contributed by atoms with Crippen LogP contribution in [-0.4, -0.2) is 9.47 Å². The van der Waals surface area contributed by atoms with Crippen molar-refractivity contribution in [1.82, 2.24) is 9.47 Å². The van der Waals surface area contributed by atoms with Crippen LogP contribution in [0.25, 0.3) is 33.1 Å². The van der Waals surface area contributed by atoms with E-state index in [0.29, 0.717) is 11.8 Å². The summed E-state index contributed by atoms with van der Waals surface area (Å²) >= 11 is 0. The first kappa shape index (κ1) is 28.4. The molecule has 0 amide bonds. The van der Waals surface area contributed by atoms with Gasteiger partial charge in [-0.2, -0.15) is 0 Å². The number of benzene rings is 3. The molecule has 5 aliphatic rings. The van der Waals surface area contributed by atoms with Crippen LogP contribution in [0.2, 0.25) is 0 Å². The van der Waals surface area contributed by atoms with Gasteiger partial charge >= 0.3 is 0 Å². The van der Waals surface area contributed by atoms with Gasteiger partial charge in [0.2, 0.25) is 0 Å². The molecule has 9 rings (SSSR count). The van der Waals surface area contributed by atoms with Gasteiger partial charge in [-0.3, -0.25) is 0 Å². The van der Waals surface area contributed by atoms with E-state index in [0.717, 1.165) is 38.5 Å². The highest BCUT2D eigenvalue weighted by Crippen LogP contribution is 2.59. The SMILES string of the molecule is CC1(C)C2=C(C(c3cccc(-n4c5ccccc5c5ccccc54)c3)=CCC2)C2C=CC(N(C3=CCCC=C3)C3=CC=CCC3)=CC21. The van der Waals surface area contributed by atoms with E-state index in [1.165, 1.54) is 55.7 Å². The van der Waals surface area contributed by atoms with Crippen molar-refractivity contribution in [2.24, 2.45) is 17.3 Å². The minimum absolute atomic E-state index is 0.0866. The zero-order chi connectivity index (χ0) is 31.5. The van der Waals surface area contributed by atoms with E-state index in [1.54, 1.807) is 11.1 Å². The van der Waals surface area contributed by atoms with Crippen LogP contribution >= 0.6 is 0 Å². The minimum atomic E-state index is 0.0866. The van der Waals surface area contributed by atoms with Crippen LogP contribution in [0.5, 0.6) is 0 Å². The molecule has 0 aliphatic heterocycles. The molecule has 0 saturated heterocycles. The first-order valence-corrected chi connectivity index (χ1v) is 17.6. The predicted octanol–water partition coefficient (Wildman–Crippen LogP) is 11.8. The fourth-order valence-corrected chi connectivity index (χ4v) is 9.08. The van der Waals surface area contributed by atoms with E-state index in [1.807, 2.05) is 0 Å². The van der Waals surface area contributed by atoms with Crippen molar-refractivity contribution in [3.8, 4) is 5.69 Å². The molecular weight excluding hydrogens is 569 g/mol. The number of para-hydroxylation sites is 2. The van der Waals surface area contributed by atoms with Gasteiger partial charge < -0.3 is 9.47 Å². The Labute approximate surface area is 278 Å². The van der Waals surface area contributed by atoms with Crippen LogP contribution in [0, 0.1) is 17.3 Å². The van der Waals surface area contributed by atoms with Crippen LogP contribution in [-0.2, 0) is 0 Å². The van der Waals surface area contributed by atoms with Gasteiger partial charge in [-0.15, -0.1) is 0 Å². The van der Waals surface area contributed by atoms with E-state index in [-0.39, 0.29) is 5.41 Å². The van der Waals surface area contributed by atoms with Crippen LogP contribution < -0.4 is 0 Å². The maximum atomic E-state index is 2.62. The molecule has 232 valence electrons. The number of allylic oxidation sites excluding steroid dienone is 14. The van der Waals surface area contributed by atoms with E-state index < -0.39 is 0 Å². The summed E-state index contributed by atoms with van der Waals surface area (Å²) in [5.74, 6) is 0.801. The lowest BCUT2D eigenvalue weighted by Crippen LogP contribution is -2.29. The number of fused-ring (bicyclic) bond motifs is 5. The Morgan fingerprint density at radius 3 is 2.30 bits per heavy atom. The van der Waals surface area contributed by atoms with Crippen LogP contribution in [0.4, 0.5) is 0 Å². The van der Waals surface area contributed by atoms with Crippen molar-refractivity contribution >= 4 is 27.4 Å². The molecule has 0 radical (unpaired) electrons. The minimum Gasteiger partial charge on any atom is -0.315 e. The van der Waals surface area contributed by atoms with E-state index in [2.05, 4.69) is 157 Å². The molecule has 0 N–H and O–H groups in total. The molecule has 1 aromatic heterocycles. The third-order valence-electron chi connectivity index (χ3n) is 11.3. The Morgan fingerprint density at radius 1 is 0.745 bits per heavy atom. The third-order valence-corrected chi connectivity index (χ3v) is 11.3. The Bertz CT molecular complexity index is 2130. The number of hydrogen-bond acceptors (Lipinski definition) is 1. The van der Waals surface area contributed by atoms with Crippen molar-refractivity contribution in [2.45, 2.75) is 52.4 Å². The van der Waals surface area contributed by atoms with Gasteiger partial charge in [0, 0.05) is 39.5 Å². The van der Waals surface area contributed by atoms with Crippen molar-refractivity contribution < 1.29 is 0 Å². The Hall–Kier alpha value is -4.82. The van der Waals surface area contributed by atoms with E-state index in [9.17, 15) is 0 Å². The molecule has 0 saturated carbocycles. The molecule has 4 aromatic rings. The van der Waals surface area contributed by atoms with Crippen molar-refractivity contribution in [2.75, 3.05) is 0 Å². The highest BCUT2D eigenvalue weighted by Gasteiger charge is 2.48. The second kappa shape index (κ2) is 11.2. The normalized spacial score (nSPS) is 22.9. The Kier molecular flexibility index (Phi) is 6.75. The van der Waals surface area contributed by atoms with Crippen LogP contribution in [0.3, 0.4) is 0 Å². The molecular formula is C45H42N2. The maximum absolute atomic E-state index is 2.62. The molecule has 5 aliphatic carbocycles. The zero-order valence-corrected chi connectivity index (χ0v) is 27.5. The maximum Gasteiger partial charge on any atom is 0.0541 e. The van der Waals surface area contributed by atoms with Crippen molar-refractivity contribution in [1.29, 1.82) is 0 Å². The summed E-state index contributed by atoms with van der Waals surface area (Å²) in [7, 11) is 0. The third kappa shape index (κ3) is 4.53. The summed E-state index contributed by atoms with van der Waals surface area (Å²) in [6.07, 6.45) is 30.7. The fourth-order valence-electron chi connectivity index (χ4n) is 9.08. The number of aromatic nitrogens is 1. The van der Waals surface area contributed by atoms with Gasteiger partial charge in [0.25, 0.3) is 0 Å². The second-order valence-electron chi connectivity index (χ2n) is 14.3. The molecule has 2 atom stereocenters. The molecule has 0 spiro atoms. The summed E-state index contributed by atoms with van der Waals surface area (Å²) in [6, 6.07) is 26.9. The lowest BCUT2D eigenvalue weighted by Gasteiger charge is -2.37. The molecule has 0 fully saturated rings. The quantitative estimate of drug-likeness (QED) is 0.218. The Morgan fingerprint density at radius 2 is 1.55 bits per heavy atom. The van der Waals surface area contributed by atoms with Gasteiger partial charge in [-0.25, -0.2) is 0 Å². The second-order valence-corrected chi connectivity index (χ2v) is 14.3. The van der Waals surface area contributed by atoms with Gasteiger partial charge in [0.15, 0.2) is 0 Å². The Balaban J connectivity index is 1.11. The van der Waals surface area contributed by atoms with Crippen LogP contribution in [0.15, 0.2) is 162 Å². The summed E-state index contributed by atoms with van der Waals surface area (Å²) in [5, 5.41) is 2.61. The summed E-state index contributed by atoms with van der Waals surface area (Å²) in [4.78, 5) is 2.55. The predicted molar refractivity (Wildman–Crippen MR) is 198 cm³/mol. The van der Waals surface area contributed by atoms with Crippen LogP contribution in [0.1, 0.15) is 57.9 Å². The molecule has 3 aromatic carbocycles. The smallest absolute Gasteiger partial charge is 0.0541 e. The van der Waals surface area contributed by atoms with Gasteiger partial charge in [0.05, 0.1) is 11.0 Å². The fraction of sp³-hybridized carbons (Fsp3) is 0.244. The lowest BCUT2D eigenvalue weighted by molar-refractivity contribution is 0.303. The highest BCUT2D eigenvalue weighted by atomic mass is 15.2. The first-order chi connectivity index (χ1) is 23.1. The average Bonchev–Trinajstić information content (AvgIpc) is 3.58. The summed E-state index contributed by atoms with van der Waals surface area (Å²) in [5.41, 5.74) is 13.9. The first-order valence-electron chi connectivity index (χ1n) is 17.6. The molecule has 0 bridgehead atoms. The molecule has 1 heterocycles. The van der Waals surface area contributed by atoms with Crippen molar-refractivity contribution in [3.05, 3.63) is 167 Å². The monoisotopic (exact) mass is 610 g/mol. The van der Waals surface area contributed by atoms with Gasteiger partial charge in [0.1, 0.15) is 0 Å². The van der Waals surface area contributed by atoms with Crippen molar-refractivity contribution in [3.63, 3.8) is 0 Å². The van der Waals surface area contributed by atoms with E-state index >= 15 is 0 Å². The standard InChI is InChI=1S/C45H42N2/c1-45(2)40-24-14-23-36(31-15-13-20-34(29-31)47-42-25-11-9-21-37(42)38-22-10-12-26-43(38)47)44(40)39-28-27-35(30-41(39)45)46(32-16-5-3-6-17-32)33-18-7-4-8-19-33/h3,5,7,9-13,15-16,18-23,25-30,39,41H,4,6,8,14,17,24H2,1-2H3. The topological polar surface area (TPSA) is 8.17 Å². The highest BCUT2D eigenvalue weighted by molar-refractivity contribution is 6.09. The molecule has 2 nitrogen and oxygen atoms in total. The van der Waals surface area contributed by atoms with Gasteiger partial charge in [-0.1, -0.05) is 110 Å². The largest absolute Gasteiger partial charge is 0.315 e. The average molecular weight is 611 g/mol. The summed E-state index contributed by atoms with van der Waals surface area (Å²) < 4.78 is 2.45. The number of rotatable bonds is 5. The number of hydrogen-bond donors (Lipinski definition) is 0. The molecule has 47 heavy (non-hydrogen) atoms. The lowest BCUT2D eigenvalue weighted by atomic mass is 9.72.